The Morgan fingerprint density at radius 3 is 2.05 bits per heavy atom. The zero-order valence-electron chi connectivity index (χ0n) is 21.8. The first kappa shape index (κ1) is 28.1. The number of alkyl carbamates (subject to hydrolysis) is 1. The van der Waals surface area contributed by atoms with Crippen molar-refractivity contribution in [1.82, 2.24) is 5.32 Å². The number of ether oxygens (including phenoxy) is 2. The second kappa shape index (κ2) is 11.1. The highest BCUT2D eigenvalue weighted by Crippen LogP contribution is 2.44. The summed E-state index contributed by atoms with van der Waals surface area (Å²) in [5.41, 5.74) is 2.21. The highest BCUT2D eigenvalue weighted by Gasteiger charge is 2.34. The number of esters is 1. The lowest BCUT2D eigenvalue weighted by Gasteiger charge is -2.25. The lowest BCUT2D eigenvalue weighted by Crippen LogP contribution is -2.45. The maximum absolute atomic E-state index is 14.0. The molecule has 39 heavy (non-hydrogen) atoms. The molecule has 0 saturated heterocycles. The van der Waals surface area contributed by atoms with E-state index >= 15 is 0 Å². The summed E-state index contributed by atoms with van der Waals surface area (Å²) in [5, 5.41) is 2.52. The fourth-order valence-electron chi connectivity index (χ4n) is 4.66. The zero-order valence-corrected chi connectivity index (χ0v) is 21.8. The van der Waals surface area contributed by atoms with E-state index in [4.69, 9.17) is 9.47 Å². The summed E-state index contributed by atoms with van der Waals surface area (Å²) in [7, 11) is 0. The van der Waals surface area contributed by atoms with Crippen molar-refractivity contribution in [3.05, 3.63) is 94.8 Å². The Morgan fingerprint density at radius 1 is 0.923 bits per heavy atom. The molecule has 0 unspecified atom stereocenters. The van der Waals surface area contributed by atoms with Gasteiger partial charge in [0.1, 0.15) is 24.1 Å². The molecule has 0 fully saturated rings. The Bertz CT molecular complexity index is 1320. The molecule has 1 aliphatic rings. The molecular formula is C30H29F4NO4. The molecule has 3 aromatic carbocycles. The first-order valence-electron chi connectivity index (χ1n) is 12.5. The van der Waals surface area contributed by atoms with Crippen molar-refractivity contribution in [1.29, 1.82) is 0 Å². The van der Waals surface area contributed by atoms with Crippen LogP contribution in [0, 0.1) is 5.82 Å². The number of amides is 1. The average molecular weight is 544 g/mol. The van der Waals surface area contributed by atoms with Crippen LogP contribution in [0.15, 0.2) is 66.7 Å². The first-order chi connectivity index (χ1) is 18.3. The number of benzene rings is 3. The maximum Gasteiger partial charge on any atom is 0.419 e. The summed E-state index contributed by atoms with van der Waals surface area (Å²) in [6.07, 6.45) is -5.67. The van der Waals surface area contributed by atoms with Gasteiger partial charge in [-0.3, -0.25) is 0 Å². The van der Waals surface area contributed by atoms with Crippen molar-refractivity contribution in [2.45, 2.75) is 57.3 Å². The number of alkyl halides is 3. The van der Waals surface area contributed by atoms with Crippen LogP contribution in [0.1, 0.15) is 55.4 Å². The quantitative estimate of drug-likeness (QED) is 0.257. The number of aryl methyl sites for hydroxylation is 1. The minimum atomic E-state index is -4.81. The zero-order chi connectivity index (χ0) is 28.4. The van der Waals surface area contributed by atoms with Crippen LogP contribution in [0.4, 0.5) is 22.4 Å². The van der Waals surface area contributed by atoms with Crippen molar-refractivity contribution < 1.29 is 36.6 Å². The van der Waals surface area contributed by atoms with Crippen LogP contribution in [0.2, 0.25) is 0 Å². The van der Waals surface area contributed by atoms with E-state index in [1.807, 2.05) is 48.5 Å². The molecule has 0 spiro atoms. The van der Waals surface area contributed by atoms with Crippen molar-refractivity contribution in [3.63, 3.8) is 0 Å². The Balaban J connectivity index is 1.44. The third-order valence-corrected chi connectivity index (χ3v) is 6.39. The molecule has 0 saturated carbocycles. The average Bonchev–Trinajstić information content (AvgIpc) is 3.17. The van der Waals surface area contributed by atoms with E-state index in [1.54, 1.807) is 20.8 Å². The van der Waals surface area contributed by atoms with E-state index in [-0.39, 0.29) is 30.9 Å². The van der Waals surface area contributed by atoms with Gasteiger partial charge >= 0.3 is 18.2 Å². The van der Waals surface area contributed by atoms with Crippen molar-refractivity contribution in [3.8, 4) is 11.1 Å². The number of fused-ring (bicyclic) bond motifs is 3. The molecule has 9 heteroatoms. The molecule has 4 rings (SSSR count). The lowest BCUT2D eigenvalue weighted by molar-refractivity contribution is -0.157. The van der Waals surface area contributed by atoms with Gasteiger partial charge in [0, 0.05) is 5.92 Å². The van der Waals surface area contributed by atoms with Gasteiger partial charge in [-0.25, -0.2) is 14.0 Å². The summed E-state index contributed by atoms with van der Waals surface area (Å²) >= 11 is 0. The van der Waals surface area contributed by atoms with Crippen LogP contribution < -0.4 is 5.32 Å². The van der Waals surface area contributed by atoms with Crippen LogP contribution in [0.3, 0.4) is 0 Å². The topological polar surface area (TPSA) is 64.6 Å². The number of rotatable bonds is 7. The molecule has 3 aromatic rings. The Hall–Kier alpha value is -3.88. The third kappa shape index (κ3) is 6.77. The number of halogens is 4. The largest absolute Gasteiger partial charge is 0.458 e. The van der Waals surface area contributed by atoms with Crippen LogP contribution in [0.25, 0.3) is 11.1 Å². The molecule has 0 aliphatic heterocycles. The maximum atomic E-state index is 14.0. The van der Waals surface area contributed by atoms with Crippen LogP contribution in [0.5, 0.6) is 0 Å². The molecule has 1 atom stereocenters. The van der Waals surface area contributed by atoms with Gasteiger partial charge in [0.05, 0.1) is 5.56 Å². The molecule has 0 aromatic heterocycles. The molecule has 0 radical (unpaired) electrons. The highest BCUT2D eigenvalue weighted by molar-refractivity contribution is 5.82. The van der Waals surface area contributed by atoms with Crippen molar-refractivity contribution >= 4 is 12.1 Å². The minimum absolute atomic E-state index is 0.0165. The van der Waals surface area contributed by atoms with Gasteiger partial charge in [0.25, 0.3) is 0 Å². The Kier molecular flexibility index (Phi) is 7.99. The minimum Gasteiger partial charge on any atom is -0.458 e. The summed E-state index contributed by atoms with van der Waals surface area (Å²) in [4.78, 5) is 25.6. The Labute approximate surface area is 224 Å². The molecule has 206 valence electrons. The normalized spacial score (nSPS) is 13.8. The van der Waals surface area contributed by atoms with Crippen LogP contribution in [-0.2, 0) is 26.9 Å². The second-order valence-corrected chi connectivity index (χ2v) is 10.4. The fraction of sp³-hybridized carbons (Fsp3) is 0.333. The van der Waals surface area contributed by atoms with Gasteiger partial charge < -0.3 is 14.8 Å². The summed E-state index contributed by atoms with van der Waals surface area (Å²) < 4.78 is 63.6. The third-order valence-electron chi connectivity index (χ3n) is 6.39. The first-order valence-corrected chi connectivity index (χ1v) is 12.5. The molecular weight excluding hydrogens is 514 g/mol. The highest BCUT2D eigenvalue weighted by atomic mass is 19.4. The molecule has 0 heterocycles. The van der Waals surface area contributed by atoms with E-state index in [9.17, 15) is 27.2 Å². The predicted octanol–water partition coefficient (Wildman–Crippen LogP) is 7.03. The van der Waals surface area contributed by atoms with E-state index < -0.39 is 41.3 Å². The van der Waals surface area contributed by atoms with Crippen molar-refractivity contribution in [2.24, 2.45) is 0 Å². The van der Waals surface area contributed by atoms with Gasteiger partial charge in [0.2, 0.25) is 0 Å². The summed E-state index contributed by atoms with van der Waals surface area (Å²) in [6.45, 7) is 5.03. The molecule has 1 N–H and O–H groups in total. The molecule has 1 aliphatic carbocycles. The van der Waals surface area contributed by atoms with E-state index in [1.165, 1.54) is 0 Å². The number of nitrogens with one attached hydrogen (secondary N) is 1. The van der Waals surface area contributed by atoms with Crippen molar-refractivity contribution in [2.75, 3.05) is 6.61 Å². The number of hydrogen-bond donors (Lipinski definition) is 1. The fourth-order valence-corrected chi connectivity index (χ4v) is 4.66. The lowest BCUT2D eigenvalue weighted by atomic mass is 9.98. The van der Waals surface area contributed by atoms with Crippen LogP contribution >= 0.6 is 0 Å². The number of carbonyl (C=O) groups is 2. The monoisotopic (exact) mass is 543 g/mol. The van der Waals surface area contributed by atoms with Gasteiger partial charge in [-0.15, -0.1) is 0 Å². The SMILES string of the molecule is CC(C)(C)OC(=O)[C@H](CCc1ccc(C(F)(F)F)c(F)c1)NC(=O)OCC1c2ccccc2-c2ccccc21. The summed E-state index contributed by atoms with van der Waals surface area (Å²) in [5.74, 6) is -2.32. The molecule has 5 nitrogen and oxygen atoms in total. The molecule has 0 bridgehead atoms. The van der Waals surface area contributed by atoms with Gasteiger partial charge in [0.15, 0.2) is 0 Å². The number of carbonyl (C=O) groups excluding carboxylic acids is 2. The number of hydrogen-bond acceptors (Lipinski definition) is 4. The van der Waals surface area contributed by atoms with Gasteiger partial charge in [-0.05, 0) is 73.6 Å². The standard InChI is InChI=1S/C30H29F4NO4/c1-29(2,3)39-27(36)26(15-13-18-12-14-24(25(31)16-18)30(32,33)34)35-28(37)38-17-23-21-10-6-4-8-19(21)20-9-5-7-11-22(20)23/h4-12,14,16,23,26H,13,15,17H2,1-3H3,(H,35,37)/t26-/m0/s1. The smallest absolute Gasteiger partial charge is 0.419 e. The van der Waals surface area contributed by atoms with Gasteiger partial charge in [-0.1, -0.05) is 54.6 Å². The molecule has 1 amide bonds. The summed E-state index contributed by atoms with van der Waals surface area (Å²) in [6, 6.07) is 17.1. The van der Waals surface area contributed by atoms with E-state index in [0.717, 1.165) is 34.4 Å². The van der Waals surface area contributed by atoms with Crippen LogP contribution in [-0.4, -0.2) is 30.3 Å². The van der Waals surface area contributed by atoms with Gasteiger partial charge in [-0.2, -0.15) is 13.2 Å². The Morgan fingerprint density at radius 2 is 1.51 bits per heavy atom. The van der Waals surface area contributed by atoms with E-state index in [0.29, 0.717) is 6.07 Å². The van der Waals surface area contributed by atoms with E-state index in [2.05, 4.69) is 5.32 Å². The second-order valence-electron chi connectivity index (χ2n) is 10.4. The predicted molar refractivity (Wildman–Crippen MR) is 138 cm³/mol.